The van der Waals surface area contributed by atoms with Gasteiger partial charge in [-0.3, -0.25) is 0 Å². The van der Waals surface area contributed by atoms with Gasteiger partial charge in [-0.15, -0.1) is 0 Å². The van der Waals surface area contributed by atoms with Crippen LogP contribution in [-0.2, 0) is 6.54 Å². The average Bonchev–Trinajstić information content (AvgIpc) is 2.37. The Morgan fingerprint density at radius 2 is 1.61 bits per heavy atom. The summed E-state index contributed by atoms with van der Waals surface area (Å²) in [6.45, 7) is 0.376. The molecule has 18 heavy (non-hydrogen) atoms. The van der Waals surface area contributed by atoms with E-state index in [4.69, 9.17) is 11.5 Å². The Morgan fingerprint density at radius 3 is 2.28 bits per heavy atom. The molecule has 0 spiro atoms. The van der Waals surface area contributed by atoms with E-state index in [2.05, 4.69) is 5.32 Å². The molecule has 0 amide bonds. The standard InChI is InChI=1S/C13H13F2N3/c14-9-3-1-8(2-4-9)7-18-11-6-5-10(16)13(17)12(11)15/h1-6,18H,7,16-17H2. The lowest BCUT2D eigenvalue weighted by Gasteiger charge is -2.10. The average molecular weight is 249 g/mol. The van der Waals surface area contributed by atoms with Gasteiger partial charge in [0.05, 0.1) is 17.1 Å². The first-order chi connectivity index (χ1) is 8.58. The molecule has 3 nitrogen and oxygen atoms in total. The van der Waals surface area contributed by atoms with E-state index in [0.29, 0.717) is 6.54 Å². The zero-order valence-electron chi connectivity index (χ0n) is 9.58. The zero-order chi connectivity index (χ0) is 13.1. The molecule has 0 fully saturated rings. The smallest absolute Gasteiger partial charge is 0.171 e. The van der Waals surface area contributed by atoms with Crippen molar-refractivity contribution in [3.05, 3.63) is 53.6 Å². The minimum atomic E-state index is -0.572. The number of nitrogens with one attached hydrogen (secondary N) is 1. The summed E-state index contributed by atoms with van der Waals surface area (Å²) in [6.07, 6.45) is 0. The largest absolute Gasteiger partial charge is 0.397 e. The Kier molecular flexibility index (Phi) is 3.32. The molecule has 0 atom stereocenters. The highest BCUT2D eigenvalue weighted by Gasteiger charge is 2.08. The molecule has 0 saturated carbocycles. The Balaban J connectivity index is 2.11. The fourth-order valence-electron chi connectivity index (χ4n) is 1.54. The second kappa shape index (κ2) is 4.91. The lowest BCUT2D eigenvalue weighted by atomic mass is 10.2. The van der Waals surface area contributed by atoms with Crippen LogP contribution in [0.1, 0.15) is 5.56 Å². The quantitative estimate of drug-likeness (QED) is 0.733. The van der Waals surface area contributed by atoms with Gasteiger partial charge in [-0.2, -0.15) is 0 Å². The monoisotopic (exact) mass is 249 g/mol. The first-order valence-electron chi connectivity index (χ1n) is 5.39. The molecule has 0 aliphatic rings. The van der Waals surface area contributed by atoms with Crippen LogP contribution in [0.2, 0.25) is 0 Å². The summed E-state index contributed by atoms with van der Waals surface area (Å²) in [5.74, 6) is -0.876. The van der Waals surface area contributed by atoms with E-state index in [0.717, 1.165) is 5.56 Å². The van der Waals surface area contributed by atoms with E-state index in [1.165, 1.54) is 24.3 Å². The molecular formula is C13H13F2N3. The van der Waals surface area contributed by atoms with Crippen molar-refractivity contribution < 1.29 is 8.78 Å². The molecule has 2 aromatic rings. The van der Waals surface area contributed by atoms with E-state index >= 15 is 0 Å². The lowest BCUT2D eigenvalue weighted by molar-refractivity contribution is 0.626. The minimum Gasteiger partial charge on any atom is -0.397 e. The summed E-state index contributed by atoms with van der Waals surface area (Å²) in [5.41, 5.74) is 12.2. The van der Waals surface area contributed by atoms with Crippen molar-refractivity contribution in [2.45, 2.75) is 6.54 Å². The van der Waals surface area contributed by atoms with Crippen LogP contribution in [0.15, 0.2) is 36.4 Å². The van der Waals surface area contributed by atoms with E-state index in [1.54, 1.807) is 12.1 Å². The molecule has 0 aromatic heterocycles. The zero-order valence-corrected chi connectivity index (χ0v) is 9.58. The number of halogens is 2. The molecule has 0 aliphatic heterocycles. The van der Waals surface area contributed by atoms with Crippen molar-refractivity contribution in [3.63, 3.8) is 0 Å². The highest BCUT2D eigenvalue weighted by molar-refractivity contribution is 5.70. The molecule has 94 valence electrons. The maximum atomic E-state index is 13.7. The van der Waals surface area contributed by atoms with Gasteiger partial charge < -0.3 is 16.8 Å². The summed E-state index contributed by atoms with van der Waals surface area (Å²) in [7, 11) is 0. The number of hydrogen-bond donors (Lipinski definition) is 3. The van der Waals surface area contributed by atoms with Gasteiger partial charge in [0.2, 0.25) is 0 Å². The van der Waals surface area contributed by atoms with Gasteiger partial charge in [-0.1, -0.05) is 12.1 Å². The minimum absolute atomic E-state index is 0.0703. The molecule has 2 aromatic carbocycles. The molecule has 0 radical (unpaired) electrons. The summed E-state index contributed by atoms with van der Waals surface area (Å²) in [5, 5.41) is 2.88. The highest BCUT2D eigenvalue weighted by atomic mass is 19.1. The first-order valence-corrected chi connectivity index (χ1v) is 5.39. The van der Waals surface area contributed by atoms with Crippen molar-refractivity contribution in [1.29, 1.82) is 0 Å². The van der Waals surface area contributed by atoms with E-state index < -0.39 is 5.82 Å². The van der Waals surface area contributed by atoms with Crippen LogP contribution in [-0.4, -0.2) is 0 Å². The molecule has 0 bridgehead atoms. The van der Waals surface area contributed by atoms with Gasteiger partial charge in [0.15, 0.2) is 5.82 Å². The fourth-order valence-corrected chi connectivity index (χ4v) is 1.54. The van der Waals surface area contributed by atoms with E-state index in [9.17, 15) is 8.78 Å². The number of rotatable bonds is 3. The third kappa shape index (κ3) is 2.51. The van der Waals surface area contributed by atoms with Crippen LogP contribution in [0.3, 0.4) is 0 Å². The van der Waals surface area contributed by atoms with Crippen molar-refractivity contribution in [2.75, 3.05) is 16.8 Å². The van der Waals surface area contributed by atoms with Gasteiger partial charge >= 0.3 is 0 Å². The molecular weight excluding hydrogens is 236 g/mol. The SMILES string of the molecule is Nc1ccc(NCc2ccc(F)cc2)c(F)c1N. The Morgan fingerprint density at radius 1 is 0.944 bits per heavy atom. The van der Waals surface area contributed by atoms with Gasteiger partial charge in [0.25, 0.3) is 0 Å². The molecule has 0 saturated heterocycles. The lowest BCUT2D eigenvalue weighted by Crippen LogP contribution is -2.05. The third-order valence-corrected chi connectivity index (χ3v) is 2.61. The Bertz CT molecular complexity index is 553. The van der Waals surface area contributed by atoms with Crippen molar-refractivity contribution >= 4 is 17.1 Å². The van der Waals surface area contributed by atoms with Crippen molar-refractivity contribution in [2.24, 2.45) is 0 Å². The predicted molar refractivity (Wildman–Crippen MR) is 69.0 cm³/mol. The third-order valence-electron chi connectivity index (χ3n) is 2.61. The normalized spacial score (nSPS) is 10.3. The summed E-state index contributed by atoms with van der Waals surface area (Å²) in [6, 6.07) is 9.01. The number of hydrogen-bond acceptors (Lipinski definition) is 3. The second-order valence-electron chi connectivity index (χ2n) is 3.91. The number of benzene rings is 2. The predicted octanol–water partition coefficient (Wildman–Crippen LogP) is 2.74. The number of anilines is 3. The molecule has 5 heteroatoms. The Labute approximate surface area is 103 Å². The summed E-state index contributed by atoms with van der Waals surface area (Å²) < 4.78 is 26.4. The molecule has 5 N–H and O–H groups in total. The van der Waals surface area contributed by atoms with Gasteiger partial charge in [-0.25, -0.2) is 8.78 Å². The van der Waals surface area contributed by atoms with Gasteiger partial charge in [0.1, 0.15) is 5.82 Å². The Hall–Kier alpha value is -2.30. The van der Waals surface area contributed by atoms with Crippen LogP contribution in [0.4, 0.5) is 25.8 Å². The van der Waals surface area contributed by atoms with Crippen molar-refractivity contribution in [3.8, 4) is 0 Å². The van der Waals surface area contributed by atoms with Crippen LogP contribution in [0.25, 0.3) is 0 Å². The van der Waals surface area contributed by atoms with Gasteiger partial charge in [-0.05, 0) is 29.8 Å². The maximum absolute atomic E-state index is 13.7. The van der Waals surface area contributed by atoms with Gasteiger partial charge in [0, 0.05) is 6.54 Å². The highest BCUT2D eigenvalue weighted by Crippen LogP contribution is 2.25. The fraction of sp³-hybridized carbons (Fsp3) is 0.0769. The molecule has 0 aliphatic carbocycles. The molecule has 0 heterocycles. The maximum Gasteiger partial charge on any atom is 0.171 e. The van der Waals surface area contributed by atoms with Crippen molar-refractivity contribution in [1.82, 2.24) is 0 Å². The topological polar surface area (TPSA) is 64.1 Å². The summed E-state index contributed by atoms with van der Waals surface area (Å²) >= 11 is 0. The van der Waals surface area contributed by atoms with Crippen LogP contribution in [0, 0.1) is 11.6 Å². The second-order valence-corrected chi connectivity index (χ2v) is 3.91. The first kappa shape index (κ1) is 12.2. The molecule has 0 unspecified atom stereocenters. The summed E-state index contributed by atoms with van der Waals surface area (Å²) in [4.78, 5) is 0. The van der Waals surface area contributed by atoms with Crippen LogP contribution < -0.4 is 16.8 Å². The number of nitrogen functional groups attached to an aromatic ring is 2. The number of nitrogens with two attached hydrogens (primary N) is 2. The molecule has 2 rings (SSSR count). The van der Waals surface area contributed by atoms with E-state index in [1.807, 2.05) is 0 Å². The van der Waals surface area contributed by atoms with Crippen LogP contribution >= 0.6 is 0 Å². The van der Waals surface area contributed by atoms with Crippen LogP contribution in [0.5, 0.6) is 0 Å². The van der Waals surface area contributed by atoms with E-state index in [-0.39, 0.29) is 22.9 Å².